The molecule has 0 aliphatic carbocycles. The van der Waals surface area contributed by atoms with Crippen molar-refractivity contribution in [3.05, 3.63) is 36.5 Å². The van der Waals surface area contributed by atoms with Gasteiger partial charge in [-0.05, 0) is 77.0 Å². The number of hydrogen-bond donors (Lipinski definition) is 0. The molecule has 0 aromatic carbocycles. The Bertz CT molecular complexity index is 1220. The van der Waals surface area contributed by atoms with E-state index >= 15 is 0 Å². The summed E-state index contributed by atoms with van der Waals surface area (Å²) in [5, 5.41) is 0. The summed E-state index contributed by atoms with van der Waals surface area (Å²) in [4.78, 5) is 38.1. The number of hydrogen-bond acceptors (Lipinski definition) is 6. The first-order valence-electron chi connectivity index (χ1n) is 32.5. The third kappa shape index (κ3) is 60.4. The lowest BCUT2D eigenvalue weighted by Gasteiger charge is -2.18. The normalized spacial score (nSPS) is 12.2. The molecule has 0 saturated carbocycles. The highest BCUT2D eigenvalue weighted by molar-refractivity contribution is 5.71. The minimum Gasteiger partial charge on any atom is -0.462 e. The zero-order valence-corrected chi connectivity index (χ0v) is 49.2. The van der Waals surface area contributed by atoms with Crippen molar-refractivity contribution in [2.45, 2.75) is 361 Å². The number of unbranched alkanes of at least 4 members (excludes halogenated alkanes) is 43. The van der Waals surface area contributed by atoms with Gasteiger partial charge >= 0.3 is 17.9 Å². The molecule has 6 nitrogen and oxygen atoms in total. The standard InChI is InChI=1S/C67H124O6/c1-4-7-10-13-16-19-21-23-24-25-26-27-28-29-30-31-32-33-34-35-36-37-38-39-40-41-42-44-45-48-51-54-57-60-66(69)72-63-64(62-71-65(68)59-56-53-50-47-18-15-12-9-6-3)73-67(70)61-58-55-52-49-46-43-22-20-17-14-11-8-5-2/h20-23,25-26,64H,4-19,24,27-63H2,1-3H3/b22-20-,23-21-,26-25-. The summed E-state index contributed by atoms with van der Waals surface area (Å²) in [6.07, 6.45) is 76.2. The molecule has 1 unspecified atom stereocenters. The van der Waals surface area contributed by atoms with E-state index in [1.807, 2.05) is 0 Å². The van der Waals surface area contributed by atoms with Gasteiger partial charge in [0, 0.05) is 19.3 Å². The van der Waals surface area contributed by atoms with Crippen molar-refractivity contribution < 1.29 is 28.6 Å². The topological polar surface area (TPSA) is 78.9 Å². The summed E-state index contributed by atoms with van der Waals surface area (Å²) < 4.78 is 16.8. The number of ether oxygens (including phenoxy) is 3. The van der Waals surface area contributed by atoms with Crippen LogP contribution in [0.25, 0.3) is 0 Å². The Balaban J connectivity index is 3.98. The number of carbonyl (C=O) groups is 3. The molecule has 0 fully saturated rings. The smallest absolute Gasteiger partial charge is 0.306 e. The van der Waals surface area contributed by atoms with Gasteiger partial charge in [-0.1, -0.05) is 295 Å². The molecule has 0 aromatic rings. The minimum atomic E-state index is -0.770. The largest absolute Gasteiger partial charge is 0.462 e. The third-order valence-corrected chi connectivity index (χ3v) is 14.6. The van der Waals surface area contributed by atoms with Gasteiger partial charge in [0.1, 0.15) is 13.2 Å². The van der Waals surface area contributed by atoms with Crippen molar-refractivity contribution in [1.29, 1.82) is 0 Å². The first kappa shape index (κ1) is 70.6. The zero-order valence-electron chi connectivity index (χ0n) is 49.2. The van der Waals surface area contributed by atoms with Crippen molar-refractivity contribution in [1.82, 2.24) is 0 Å². The fourth-order valence-electron chi connectivity index (χ4n) is 9.71. The molecule has 0 bridgehead atoms. The zero-order chi connectivity index (χ0) is 52.9. The van der Waals surface area contributed by atoms with Crippen molar-refractivity contribution in [3.8, 4) is 0 Å². The summed E-state index contributed by atoms with van der Waals surface area (Å²) in [6.45, 7) is 6.63. The third-order valence-electron chi connectivity index (χ3n) is 14.6. The van der Waals surface area contributed by atoms with Crippen LogP contribution in [-0.2, 0) is 28.6 Å². The molecule has 0 N–H and O–H groups in total. The number of rotatable bonds is 60. The Morgan fingerprint density at radius 1 is 0.274 bits per heavy atom. The van der Waals surface area contributed by atoms with Crippen LogP contribution in [0.2, 0.25) is 0 Å². The Kier molecular flexibility index (Phi) is 60.2. The van der Waals surface area contributed by atoms with Crippen molar-refractivity contribution >= 4 is 17.9 Å². The maximum atomic E-state index is 12.8. The molecule has 0 aromatic heterocycles. The van der Waals surface area contributed by atoms with Gasteiger partial charge in [0.15, 0.2) is 6.10 Å². The van der Waals surface area contributed by atoms with Crippen LogP contribution in [0.15, 0.2) is 36.5 Å². The van der Waals surface area contributed by atoms with Gasteiger partial charge in [0.25, 0.3) is 0 Å². The van der Waals surface area contributed by atoms with Gasteiger partial charge in [-0.15, -0.1) is 0 Å². The summed E-state index contributed by atoms with van der Waals surface area (Å²) >= 11 is 0. The minimum absolute atomic E-state index is 0.0702. The molecule has 0 spiro atoms. The second-order valence-electron chi connectivity index (χ2n) is 22.0. The SMILES string of the molecule is CCCCCC/C=C\CCCCCCCC(=O)OC(COC(=O)CCCCCCCCCCC)COC(=O)CCCCCCCCCCCCCCCCCCCCCCC/C=C\C/C=C\CCCCCCC. The highest BCUT2D eigenvalue weighted by atomic mass is 16.6. The summed E-state index contributed by atoms with van der Waals surface area (Å²) in [5.74, 6) is -0.862. The summed E-state index contributed by atoms with van der Waals surface area (Å²) in [7, 11) is 0. The van der Waals surface area contributed by atoms with E-state index in [1.165, 1.54) is 244 Å². The Morgan fingerprint density at radius 2 is 0.493 bits per heavy atom. The Labute approximate surface area is 455 Å². The monoisotopic (exact) mass is 1020 g/mol. The van der Waals surface area contributed by atoms with Gasteiger partial charge in [0.2, 0.25) is 0 Å². The van der Waals surface area contributed by atoms with Crippen molar-refractivity contribution in [3.63, 3.8) is 0 Å². The molecule has 0 amide bonds. The lowest BCUT2D eigenvalue weighted by molar-refractivity contribution is -0.167. The molecular formula is C67H124O6. The Hall–Kier alpha value is -2.37. The highest BCUT2D eigenvalue weighted by Crippen LogP contribution is 2.18. The molecule has 0 rings (SSSR count). The second-order valence-corrected chi connectivity index (χ2v) is 22.0. The maximum absolute atomic E-state index is 12.8. The number of carbonyl (C=O) groups excluding carboxylic acids is 3. The quantitative estimate of drug-likeness (QED) is 0.0261. The molecule has 0 saturated heterocycles. The van der Waals surface area contributed by atoms with Crippen LogP contribution in [0.1, 0.15) is 355 Å². The number of esters is 3. The predicted molar refractivity (Wildman–Crippen MR) is 316 cm³/mol. The molecule has 0 heterocycles. The average Bonchev–Trinajstić information content (AvgIpc) is 3.39. The van der Waals surface area contributed by atoms with Gasteiger partial charge in [-0.2, -0.15) is 0 Å². The molecule has 6 heteroatoms. The van der Waals surface area contributed by atoms with Crippen molar-refractivity contribution in [2.24, 2.45) is 0 Å². The van der Waals surface area contributed by atoms with E-state index < -0.39 is 6.10 Å². The molecular weight excluding hydrogens is 901 g/mol. The van der Waals surface area contributed by atoms with Gasteiger partial charge in [-0.3, -0.25) is 14.4 Å². The van der Waals surface area contributed by atoms with E-state index in [2.05, 4.69) is 57.2 Å². The lowest BCUT2D eigenvalue weighted by Crippen LogP contribution is -2.30. The highest BCUT2D eigenvalue weighted by Gasteiger charge is 2.19. The fourth-order valence-corrected chi connectivity index (χ4v) is 9.71. The average molecular weight is 1030 g/mol. The summed E-state index contributed by atoms with van der Waals surface area (Å²) in [6, 6.07) is 0. The van der Waals surface area contributed by atoms with E-state index in [0.717, 1.165) is 70.6 Å². The van der Waals surface area contributed by atoms with Crippen LogP contribution >= 0.6 is 0 Å². The van der Waals surface area contributed by atoms with Gasteiger partial charge < -0.3 is 14.2 Å². The molecule has 1 atom stereocenters. The van der Waals surface area contributed by atoms with Crippen LogP contribution in [-0.4, -0.2) is 37.2 Å². The second kappa shape index (κ2) is 62.2. The van der Waals surface area contributed by atoms with Crippen LogP contribution in [0.5, 0.6) is 0 Å². The molecule has 0 aliphatic heterocycles. The van der Waals surface area contributed by atoms with E-state index in [4.69, 9.17) is 14.2 Å². The molecule has 0 radical (unpaired) electrons. The molecule has 428 valence electrons. The fraction of sp³-hybridized carbons (Fsp3) is 0.866. The summed E-state index contributed by atoms with van der Waals surface area (Å²) in [5.41, 5.74) is 0. The lowest BCUT2D eigenvalue weighted by atomic mass is 10.0. The first-order valence-corrected chi connectivity index (χ1v) is 32.5. The number of allylic oxidation sites excluding steroid dienone is 6. The van der Waals surface area contributed by atoms with Gasteiger partial charge in [-0.25, -0.2) is 0 Å². The predicted octanol–water partition coefficient (Wildman–Crippen LogP) is 22.0. The maximum Gasteiger partial charge on any atom is 0.306 e. The van der Waals surface area contributed by atoms with E-state index in [-0.39, 0.29) is 31.1 Å². The Morgan fingerprint density at radius 3 is 0.781 bits per heavy atom. The first-order chi connectivity index (χ1) is 36.0. The molecule has 0 aliphatic rings. The van der Waals surface area contributed by atoms with E-state index in [0.29, 0.717) is 19.3 Å². The van der Waals surface area contributed by atoms with Crippen LogP contribution in [0, 0.1) is 0 Å². The van der Waals surface area contributed by atoms with E-state index in [1.54, 1.807) is 0 Å². The van der Waals surface area contributed by atoms with Crippen LogP contribution in [0.3, 0.4) is 0 Å². The van der Waals surface area contributed by atoms with Gasteiger partial charge in [0.05, 0.1) is 0 Å². The van der Waals surface area contributed by atoms with Crippen LogP contribution < -0.4 is 0 Å². The molecule has 73 heavy (non-hydrogen) atoms. The van der Waals surface area contributed by atoms with Crippen molar-refractivity contribution in [2.75, 3.05) is 13.2 Å². The van der Waals surface area contributed by atoms with E-state index in [9.17, 15) is 14.4 Å². The van der Waals surface area contributed by atoms with Crippen LogP contribution in [0.4, 0.5) is 0 Å².